The minimum Gasteiger partial charge on any atom is -0.493 e. The van der Waals surface area contributed by atoms with Crippen molar-refractivity contribution in [2.45, 2.75) is 31.9 Å². The average Bonchev–Trinajstić information content (AvgIpc) is 2.82. The number of halogens is 3. The van der Waals surface area contributed by atoms with Crippen LogP contribution in [0, 0.1) is 6.92 Å². The summed E-state index contributed by atoms with van der Waals surface area (Å²) in [5.74, 6) is -3.93. The molecule has 1 heterocycles. The number of aryl methyl sites for hydroxylation is 1. The largest absolute Gasteiger partial charge is 0.493 e. The molecule has 0 fully saturated rings. The van der Waals surface area contributed by atoms with Crippen LogP contribution in [0.2, 0.25) is 0 Å². The number of hydrogen-bond acceptors (Lipinski definition) is 7. The summed E-state index contributed by atoms with van der Waals surface area (Å²) in [5, 5.41) is 22.3. The lowest BCUT2D eigenvalue weighted by atomic mass is 9.97. The topological polar surface area (TPSA) is 144 Å². The first-order valence-electron chi connectivity index (χ1n) is 11.2. The molecule has 198 valence electrons. The zero-order chi connectivity index (χ0) is 27.3. The summed E-state index contributed by atoms with van der Waals surface area (Å²) in [5.41, 5.74) is 5.82. The van der Waals surface area contributed by atoms with Gasteiger partial charge in [-0.25, -0.2) is 4.98 Å². The Labute approximate surface area is 210 Å². The summed E-state index contributed by atoms with van der Waals surface area (Å²) in [7, 11) is 1.37. The molecule has 5 N–H and O–H groups in total. The second kappa shape index (κ2) is 11.3. The van der Waals surface area contributed by atoms with Crippen molar-refractivity contribution in [3.63, 3.8) is 0 Å². The highest BCUT2D eigenvalue weighted by molar-refractivity contribution is 6.00. The van der Waals surface area contributed by atoms with Gasteiger partial charge in [0, 0.05) is 12.6 Å². The molecule has 1 aromatic heterocycles. The Morgan fingerprint density at radius 3 is 2.51 bits per heavy atom. The first-order valence-corrected chi connectivity index (χ1v) is 11.2. The molecule has 37 heavy (non-hydrogen) atoms. The van der Waals surface area contributed by atoms with Crippen molar-refractivity contribution in [3.05, 3.63) is 53.2 Å². The second-order valence-corrected chi connectivity index (χ2v) is 8.23. The number of carboxylic acid groups (broad SMARTS) is 2. The number of anilines is 1. The molecule has 9 nitrogen and oxygen atoms in total. The fourth-order valence-corrected chi connectivity index (χ4v) is 3.81. The van der Waals surface area contributed by atoms with Gasteiger partial charge in [0.2, 0.25) is 0 Å². The molecule has 2 aromatic carbocycles. The number of benzene rings is 2. The maximum Gasteiger partial charge on any atom is 0.416 e. The molecule has 0 aliphatic rings. The number of fused-ring (bicyclic) bond motifs is 1. The van der Waals surface area contributed by atoms with Gasteiger partial charge < -0.3 is 30.7 Å². The maximum absolute atomic E-state index is 13.2. The lowest BCUT2D eigenvalue weighted by molar-refractivity contribution is -0.145. The van der Waals surface area contributed by atoms with E-state index in [9.17, 15) is 33.0 Å². The van der Waals surface area contributed by atoms with Crippen LogP contribution in [0.1, 0.15) is 35.6 Å². The molecule has 0 aliphatic carbocycles. The first kappa shape index (κ1) is 27.5. The molecule has 0 bridgehead atoms. The summed E-state index contributed by atoms with van der Waals surface area (Å²) in [6, 6.07) is 7.29. The van der Waals surface area contributed by atoms with Crippen molar-refractivity contribution < 1.29 is 42.4 Å². The van der Waals surface area contributed by atoms with Gasteiger partial charge in [-0.1, -0.05) is 6.07 Å². The number of methoxy groups -OCH3 is 1. The number of ether oxygens (including phenoxy) is 2. The van der Waals surface area contributed by atoms with Crippen molar-refractivity contribution >= 4 is 28.5 Å². The Kier molecular flexibility index (Phi) is 8.43. The zero-order valence-electron chi connectivity index (χ0n) is 20.1. The molecule has 1 atom stereocenters. The number of carbonyl (C=O) groups is 2. The van der Waals surface area contributed by atoms with Gasteiger partial charge in [-0.2, -0.15) is 13.2 Å². The summed E-state index contributed by atoms with van der Waals surface area (Å²) >= 11 is 0. The third-order valence-electron chi connectivity index (χ3n) is 5.55. The van der Waals surface area contributed by atoms with E-state index in [0.29, 0.717) is 36.1 Å². The van der Waals surface area contributed by atoms with Crippen molar-refractivity contribution in [2.75, 3.05) is 25.5 Å². The van der Waals surface area contributed by atoms with E-state index in [1.165, 1.54) is 31.4 Å². The highest BCUT2D eigenvalue weighted by atomic mass is 19.4. The van der Waals surface area contributed by atoms with Crippen LogP contribution in [-0.2, 0) is 15.8 Å². The van der Waals surface area contributed by atoms with Crippen molar-refractivity contribution in [3.8, 4) is 17.2 Å². The molecule has 0 radical (unpaired) electrons. The van der Waals surface area contributed by atoms with E-state index in [1.807, 2.05) is 0 Å². The number of carboxylic acids is 2. The quantitative estimate of drug-likeness (QED) is 0.262. The number of rotatable bonds is 11. The fraction of sp³-hybridized carbons (Fsp3) is 0.320. The van der Waals surface area contributed by atoms with Gasteiger partial charge in [-0.3, -0.25) is 9.59 Å². The lowest BCUT2D eigenvalue weighted by Crippen LogP contribution is -2.18. The number of nitrogens with one attached hydrogen (secondary N) is 1. The van der Waals surface area contributed by atoms with Gasteiger partial charge in [-0.15, -0.1) is 0 Å². The third-order valence-corrected chi connectivity index (χ3v) is 5.55. The highest BCUT2D eigenvalue weighted by Crippen LogP contribution is 2.45. The van der Waals surface area contributed by atoms with Crippen LogP contribution in [0.3, 0.4) is 0 Å². The number of nitrogens with zero attached hydrogens (tertiary/aromatic N) is 1. The smallest absolute Gasteiger partial charge is 0.416 e. The van der Waals surface area contributed by atoms with Crippen LogP contribution in [0.25, 0.3) is 10.9 Å². The summed E-state index contributed by atoms with van der Waals surface area (Å²) in [6.45, 7) is 2.47. The van der Waals surface area contributed by atoms with Crippen molar-refractivity contribution in [1.82, 2.24) is 4.98 Å². The Hall–Kier alpha value is -4.06. The van der Waals surface area contributed by atoms with Crippen LogP contribution in [-0.4, -0.2) is 47.3 Å². The number of hydrogen-bond donors (Lipinski definition) is 4. The monoisotopic (exact) mass is 521 g/mol. The molecule has 0 aliphatic heterocycles. The predicted octanol–water partition coefficient (Wildman–Crippen LogP) is 4.77. The Bertz CT molecular complexity index is 1310. The highest BCUT2D eigenvalue weighted by Gasteiger charge is 2.31. The lowest BCUT2D eigenvalue weighted by Gasteiger charge is -2.20. The average molecular weight is 521 g/mol. The van der Waals surface area contributed by atoms with Crippen molar-refractivity contribution in [2.24, 2.45) is 5.73 Å². The van der Waals surface area contributed by atoms with E-state index in [4.69, 9.17) is 15.2 Å². The molecule has 1 unspecified atom stereocenters. The van der Waals surface area contributed by atoms with E-state index in [2.05, 4.69) is 10.3 Å². The zero-order valence-corrected chi connectivity index (χ0v) is 20.1. The molecule has 3 aromatic rings. The Balaban J connectivity index is 2.25. The summed E-state index contributed by atoms with van der Waals surface area (Å²) in [4.78, 5) is 27.6. The second-order valence-electron chi connectivity index (χ2n) is 8.23. The number of pyridine rings is 1. The van der Waals surface area contributed by atoms with E-state index in [-0.39, 0.29) is 28.5 Å². The van der Waals surface area contributed by atoms with Gasteiger partial charge in [0.1, 0.15) is 11.7 Å². The van der Waals surface area contributed by atoms with E-state index < -0.39 is 36.0 Å². The van der Waals surface area contributed by atoms with Crippen LogP contribution >= 0.6 is 0 Å². The first-order chi connectivity index (χ1) is 17.5. The van der Waals surface area contributed by atoms with Crippen molar-refractivity contribution in [1.29, 1.82) is 0 Å². The molecule has 3 rings (SSSR count). The third kappa shape index (κ3) is 6.39. The molecule has 12 heteroatoms. The summed E-state index contributed by atoms with van der Waals surface area (Å²) in [6.07, 6.45) is -4.67. The predicted molar refractivity (Wildman–Crippen MR) is 129 cm³/mol. The molecular weight excluding hydrogens is 495 g/mol. The molecule has 0 saturated heterocycles. The van der Waals surface area contributed by atoms with Gasteiger partial charge in [-0.05, 0) is 49.7 Å². The summed E-state index contributed by atoms with van der Waals surface area (Å²) < 4.78 is 51.1. The van der Waals surface area contributed by atoms with Crippen LogP contribution in [0.5, 0.6) is 17.2 Å². The van der Waals surface area contributed by atoms with Crippen LogP contribution < -0.4 is 20.5 Å². The van der Waals surface area contributed by atoms with Gasteiger partial charge >= 0.3 is 18.1 Å². The molecule has 0 spiro atoms. The minimum absolute atomic E-state index is 0.0111. The van der Waals surface area contributed by atoms with Crippen LogP contribution in [0.4, 0.5) is 18.9 Å². The minimum atomic E-state index is -4.58. The van der Waals surface area contributed by atoms with E-state index >= 15 is 0 Å². The normalized spacial score (nSPS) is 12.3. The Morgan fingerprint density at radius 1 is 1.19 bits per heavy atom. The van der Waals surface area contributed by atoms with Gasteiger partial charge in [0.05, 0.1) is 41.4 Å². The molecule has 0 amide bonds. The number of alkyl halides is 3. The molecule has 0 saturated carbocycles. The fourth-order valence-electron chi connectivity index (χ4n) is 3.81. The number of aliphatic carboxylic acids is 2. The van der Waals surface area contributed by atoms with E-state index in [1.54, 1.807) is 6.92 Å². The molecular formula is C25H26F3N3O6. The SMILES string of the molecule is COc1cc(NCCCN)c2nc(C(CC(=O)O)C(=O)O)cc(C)c2c1Oc1cccc(C(F)(F)F)c1. The number of nitrogens with two attached hydrogens (primary N) is 1. The van der Waals surface area contributed by atoms with Gasteiger partial charge in [0.15, 0.2) is 11.5 Å². The standard InChI is InChI=1S/C25H26F3N3O6/c1-13-9-17(16(24(34)35)11-20(32)33)31-22-18(30-8-4-7-29)12-19(36-2)23(21(13)22)37-15-6-3-5-14(10-15)25(26,27)28/h3,5-6,9-10,12,16,30H,4,7-8,11,29H2,1-2H3,(H,32,33)(H,34,35). The maximum atomic E-state index is 13.2. The van der Waals surface area contributed by atoms with E-state index in [0.717, 1.165) is 12.1 Å². The van der Waals surface area contributed by atoms with Gasteiger partial charge in [0.25, 0.3) is 0 Å². The Morgan fingerprint density at radius 2 is 1.92 bits per heavy atom. The number of aromatic nitrogens is 1. The van der Waals surface area contributed by atoms with Crippen LogP contribution in [0.15, 0.2) is 36.4 Å².